The minimum absolute atomic E-state index is 0.0328. The van der Waals surface area contributed by atoms with E-state index >= 15 is 0 Å². The fraction of sp³-hybridized carbons (Fsp3) is 0.917. The van der Waals surface area contributed by atoms with Crippen LogP contribution in [0.5, 0.6) is 0 Å². The third-order valence-corrected chi connectivity index (χ3v) is 2.78. The molecule has 0 fully saturated rings. The molecule has 4 heteroatoms. The SMILES string of the molecule is CC(C)OCC(=O)NC(CCBr)C(C)(C)C. The summed E-state index contributed by atoms with van der Waals surface area (Å²) in [7, 11) is 0. The van der Waals surface area contributed by atoms with E-state index in [1.165, 1.54) is 0 Å². The normalized spacial score (nSPS) is 13.9. The van der Waals surface area contributed by atoms with E-state index in [0.29, 0.717) is 0 Å². The third kappa shape index (κ3) is 7.23. The molecule has 0 aromatic heterocycles. The van der Waals surface area contributed by atoms with Gasteiger partial charge in [0.2, 0.25) is 5.91 Å². The van der Waals surface area contributed by atoms with E-state index < -0.39 is 0 Å². The molecule has 3 nitrogen and oxygen atoms in total. The summed E-state index contributed by atoms with van der Waals surface area (Å²) in [5, 5.41) is 3.91. The molecule has 0 aromatic carbocycles. The van der Waals surface area contributed by atoms with Crippen LogP contribution in [0.1, 0.15) is 41.0 Å². The number of rotatable bonds is 6. The topological polar surface area (TPSA) is 38.3 Å². The molecule has 0 aromatic rings. The Morgan fingerprint density at radius 2 is 1.94 bits per heavy atom. The first-order valence-electron chi connectivity index (χ1n) is 5.74. The average Bonchev–Trinajstić information content (AvgIpc) is 2.12. The maximum Gasteiger partial charge on any atom is 0.246 e. The van der Waals surface area contributed by atoms with E-state index in [0.717, 1.165) is 11.8 Å². The molecule has 0 saturated heterocycles. The molecule has 1 N–H and O–H groups in total. The number of nitrogens with one attached hydrogen (secondary N) is 1. The molecule has 16 heavy (non-hydrogen) atoms. The summed E-state index contributed by atoms with van der Waals surface area (Å²) in [6.45, 7) is 10.4. The van der Waals surface area contributed by atoms with Gasteiger partial charge >= 0.3 is 0 Å². The Balaban J connectivity index is 4.14. The van der Waals surface area contributed by atoms with Crippen molar-refractivity contribution in [3.63, 3.8) is 0 Å². The monoisotopic (exact) mass is 293 g/mol. The van der Waals surface area contributed by atoms with Crippen molar-refractivity contribution in [3.05, 3.63) is 0 Å². The van der Waals surface area contributed by atoms with Gasteiger partial charge in [0, 0.05) is 11.4 Å². The zero-order valence-electron chi connectivity index (χ0n) is 11.0. The quantitative estimate of drug-likeness (QED) is 0.765. The molecule has 0 aliphatic carbocycles. The predicted molar refractivity (Wildman–Crippen MR) is 70.9 cm³/mol. The molecule has 1 amide bonds. The molecule has 0 aliphatic heterocycles. The molecule has 0 spiro atoms. The van der Waals surface area contributed by atoms with E-state index in [-0.39, 0.29) is 30.1 Å². The Morgan fingerprint density at radius 1 is 1.38 bits per heavy atom. The van der Waals surface area contributed by atoms with Crippen molar-refractivity contribution in [2.75, 3.05) is 11.9 Å². The first-order valence-corrected chi connectivity index (χ1v) is 6.86. The van der Waals surface area contributed by atoms with Crippen LogP contribution in [0.3, 0.4) is 0 Å². The van der Waals surface area contributed by atoms with Gasteiger partial charge in [-0.1, -0.05) is 36.7 Å². The van der Waals surface area contributed by atoms with Gasteiger partial charge in [0.15, 0.2) is 0 Å². The number of hydrogen-bond donors (Lipinski definition) is 1. The molecule has 1 atom stereocenters. The third-order valence-electron chi connectivity index (χ3n) is 2.33. The highest BCUT2D eigenvalue weighted by molar-refractivity contribution is 9.09. The molecule has 0 heterocycles. The van der Waals surface area contributed by atoms with Gasteiger partial charge in [-0.3, -0.25) is 4.79 Å². The number of halogens is 1. The van der Waals surface area contributed by atoms with Crippen LogP contribution in [0.4, 0.5) is 0 Å². The van der Waals surface area contributed by atoms with Crippen LogP contribution in [-0.2, 0) is 9.53 Å². The maximum atomic E-state index is 11.6. The van der Waals surface area contributed by atoms with Crippen LogP contribution in [0.25, 0.3) is 0 Å². The van der Waals surface area contributed by atoms with Crippen molar-refractivity contribution < 1.29 is 9.53 Å². The van der Waals surface area contributed by atoms with Crippen molar-refractivity contribution in [2.24, 2.45) is 5.41 Å². The van der Waals surface area contributed by atoms with Crippen LogP contribution in [-0.4, -0.2) is 30.0 Å². The highest BCUT2D eigenvalue weighted by Gasteiger charge is 2.25. The summed E-state index contributed by atoms with van der Waals surface area (Å²) in [4.78, 5) is 11.6. The number of amides is 1. The second-order valence-corrected chi connectivity index (χ2v) is 6.12. The minimum atomic E-state index is -0.0328. The van der Waals surface area contributed by atoms with E-state index in [9.17, 15) is 4.79 Å². The Labute approximate surface area is 107 Å². The van der Waals surface area contributed by atoms with Gasteiger partial charge in [-0.05, 0) is 25.7 Å². The molecule has 0 rings (SSSR count). The zero-order chi connectivity index (χ0) is 12.8. The minimum Gasteiger partial charge on any atom is -0.369 e. The molecular weight excluding hydrogens is 270 g/mol. The van der Waals surface area contributed by atoms with E-state index in [1.807, 2.05) is 13.8 Å². The number of hydrogen-bond acceptors (Lipinski definition) is 2. The second kappa shape index (κ2) is 7.28. The van der Waals surface area contributed by atoms with E-state index in [1.54, 1.807) is 0 Å². The van der Waals surface area contributed by atoms with Gasteiger partial charge in [-0.15, -0.1) is 0 Å². The second-order valence-electron chi connectivity index (χ2n) is 5.32. The van der Waals surface area contributed by atoms with Crippen molar-refractivity contribution in [2.45, 2.75) is 53.2 Å². The highest BCUT2D eigenvalue weighted by atomic mass is 79.9. The summed E-state index contributed by atoms with van der Waals surface area (Å²) in [6.07, 6.45) is 1.02. The summed E-state index contributed by atoms with van der Waals surface area (Å²) in [5.74, 6) is -0.0328. The van der Waals surface area contributed by atoms with Crippen molar-refractivity contribution in [1.82, 2.24) is 5.32 Å². The molecule has 0 bridgehead atoms. The van der Waals surface area contributed by atoms with Gasteiger partial charge in [0.05, 0.1) is 6.10 Å². The van der Waals surface area contributed by atoms with Crippen LogP contribution in [0, 0.1) is 5.41 Å². The van der Waals surface area contributed by atoms with E-state index in [4.69, 9.17) is 4.74 Å². The van der Waals surface area contributed by atoms with Gasteiger partial charge < -0.3 is 10.1 Å². The lowest BCUT2D eigenvalue weighted by atomic mass is 9.85. The number of alkyl halides is 1. The molecule has 1 unspecified atom stereocenters. The molecule has 0 aliphatic rings. The Kier molecular flexibility index (Phi) is 7.24. The smallest absolute Gasteiger partial charge is 0.246 e. The largest absolute Gasteiger partial charge is 0.369 e. The summed E-state index contributed by atoms with van der Waals surface area (Å²) < 4.78 is 5.27. The van der Waals surface area contributed by atoms with Gasteiger partial charge in [0.1, 0.15) is 6.61 Å². The maximum absolute atomic E-state index is 11.6. The predicted octanol–water partition coefficient (Wildman–Crippen LogP) is 2.73. The van der Waals surface area contributed by atoms with Crippen molar-refractivity contribution in [1.29, 1.82) is 0 Å². The van der Waals surface area contributed by atoms with Crippen LogP contribution >= 0.6 is 15.9 Å². The fourth-order valence-electron chi connectivity index (χ4n) is 1.31. The Bertz CT molecular complexity index is 212. The van der Waals surface area contributed by atoms with Crippen LogP contribution < -0.4 is 5.32 Å². The number of carbonyl (C=O) groups excluding carboxylic acids is 1. The molecule has 0 saturated carbocycles. The molecule has 96 valence electrons. The van der Waals surface area contributed by atoms with Crippen LogP contribution in [0.15, 0.2) is 0 Å². The average molecular weight is 294 g/mol. The summed E-state index contributed by atoms with van der Waals surface area (Å²) in [5.41, 5.74) is 0.0707. The molecular formula is C12H24BrNO2. The lowest BCUT2D eigenvalue weighted by Crippen LogP contribution is -2.45. The van der Waals surface area contributed by atoms with Crippen molar-refractivity contribution >= 4 is 21.8 Å². The van der Waals surface area contributed by atoms with Gasteiger partial charge in [-0.2, -0.15) is 0 Å². The lowest BCUT2D eigenvalue weighted by Gasteiger charge is -2.31. The van der Waals surface area contributed by atoms with Crippen LogP contribution in [0.2, 0.25) is 0 Å². The van der Waals surface area contributed by atoms with Gasteiger partial charge in [0.25, 0.3) is 0 Å². The zero-order valence-corrected chi connectivity index (χ0v) is 12.6. The first-order chi connectivity index (χ1) is 7.27. The highest BCUT2D eigenvalue weighted by Crippen LogP contribution is 2.22. The number of ether oxygens (including phenoxy) is 1. The van der Waals surface area contributed by atoms with E-state index in [2.05, 4.69) is 42.0 Å². The lowest BCUT2D eigenvalue weighted by molar-refractivity contribution is -0.128. The summed E-state index contributed by atoms with van der Waals surface area (Å²) >= 11 is 3.41. The Morgan fingerprint density at radius 3 is 2.31 bits per heavy atom. The molecule has 0 radical (unpaired) electrons. The standard InChI is InChI=1S/C12H24BrNO2/c1-9(2)16-8-11(15)14-10(6-7-13)12(3,4)5/h9-10H,6-8H2,1-5H3,(H,14,15). The Hall–Kier alpha value is -0.0900. The number of carbonyl (C=O) groups is 1. The summed E-state index contributed by atoms with van der Waals surface area (Å²) in [6, 6.07) is 0.176. The van der Waals surface area contributed by atoms with Gasteiger partial charge in [-0.25, -0.2) is 0 Å². The van der Waals surface area contributed by atoms with Crippen molar-refractivity contribution in [3.8, 4) is 0 Å². The first kappa shape index (κ1) is 15.9. The fourth-order valence-corrected chi connectivity index (χ4v) is 1.77.